The predicted octanol–water partition coefficient (Wildman–Crippen LogP) is 4.56. The maximum atomic E-state index is 13.3. The first kappa shape index (κ1) is 30.3. The summed E-state index contributed by atoms with van der Waals surface area (Å²) in [6.07, 6.45) is 3.13. The SMILES string of the molecule is CCC(C)[C@@H]1C(=O)OC1C(=O)N[C@H]1C[C@H]1C[C@@H](CCc1ccccc1)NC(=O)[C@H](C)NC(=O)c1ccc2ccccc2c1. The average Bonchev–Trinajstić information content (AvgIpc) is 3.74. The van der Waals surface area contributed by atoms with Crippen LogP contribution in [0.15, 0.2) is 72.8 Å². The van der Waals surface area contributed by atoms with Crippen LogP contribution in [0.3, 0.4) is 0 Å². The molecular formula is C35H41N3O5. The summed E-state index contributed by atoms with van der Waals surface area (Å²) in [4.78, 5) is 51.0. The Morgan fingerprint density at radius 1 is 0.930 bits per heavy atom. The second-order valence-electron chi connectivity index (χ2n) is 12.1. The molecule has 1 heterocycles. The van der Waals surface area contributed by atoms with Crippen molar-refractivity contribution >= 4 is 34.5 Å². The van der Waals surface area contributed by atoms with Gasteiger partial charge in [-0.1, -0.05) is 80.9 Å². The quantitative estimate of drug-likeness (QED) is 0.256. The predicted molar refractivity (Wildman–Crippen MR) is 165 cm³/mol. The number of fused-ring (bicyclic) bond motifs is 1. The maximum absolute atomic E-state index is 13.3. The Balaban J connectivity index is 1.17. The normalized spacial score (nSPS) is 22.8. The van der Waals surface area contributed by atoms with Crippen LogP contribution in [0.4, 0.5) is 0 Å². The third-order valence-electron chi connectivity index (χ3n) is 8.92. The van der Waals surface area contributed by atoms with Crippen LogP contribution in [0, 0.1) is 17.8 Å². The summed E-state index contributed by atoms with van der Waals surface area (Å²) in [5.41, 5.74) is 1.69. The van der Waals surface area contributed by atoms with Gasteiger partial charge in [0.1, 0.15) is 12.0 Å². The van der Waals surface area contributed by atoms with Crippen molar-refractivity contribution in [2.45, 2.75) is 77.1 Å². The van der Waals surface area contributed by atoms with Gasteiger partial charge in [0.15, 0.2) is 6.10 Å². The Labute approximate surface area is 253 Å². The first-order valence-electron chi connectivity index (χ1n) is 15.4. The summed E-state index contributed by atoms with van der Waals surface area (Å²) >= 11 is 0. The number of amides is 3. The van der Waals surface area contributed by atoms with Gasteiger partial charge >= 0.3 is 5.97 Å². The third kappa shape index (κ3) is 7.42. The minimum Gasteiger partial charge on any atom is -0.451 e. The molecule has 226 valence electrons. The number of ether oxygens (including phenoxy) is 1. The van der Waals surface area contributed by atoms with Gasteiger partial charge in [-0.2, -0.15) is 0 Å². The molecule has 3 aromatic rings. The topological polar surface area (TPSA) is 114 Å². The van der Waals surface area contributed by atoms with E-state index in [1.54, 1.807) is 13.0 Å². The highest BCUT2D eigenvalue weighted by Gasteiger charge is 2.51. The summed E-state index contributed by atoms with van der Waals surface area (Å²) < 4.78 is 5.19. The highest BCUT2D eigenvalue weighted by molar-refractivity contribution is 6.00. The number of rotatable bonds is 13. The van der Waals surface area contributed by atoms with Crippen molar-refractivity contribution in [1.82, 2.24) is 16.0 Å². The summed E-state index contributed by atoms with van der Waals surface area (Å²) in [6.45, 7) is 5.66. The highest BCUT2D eigenvalue weighted by Crippen LogP contribution is 2.37. The zero-order chi connectivity index (χ0) is 30.5. The summed E-state index contributed by atoms with van der Waals surface area (Å²) in [5, 5.41) is 11.1. The molecule has 3 N–H and O–H groups in total. The molecule has 2 unspecified atom stereocenters. The van der Waals surface area contributed by atoms with Gasteiger partial charge in [-0.15, -0.1) is 0 Å². The molecule has 0 bridgehead atoms. The van der Waals surface area contributed by atoms with Crippen LogP contribution < -0.4 is 16.0 Å². The Morgan fingerprint density at radius 3 is 2.37 bits per heavy atom. The molecular weight excluding hydrogens is 542 g/mol. The number of esters is 1. The number of carbonyl (C=O) groups excluding carboxylic acids is 4. The van der Waals surface area contributed by atoms with Crippen molar-refractivity contribution < 1.29 is 23.9 Å². The van der Waals surface area contributed by atoms with Crippen LogP contribution in [0.1, 0.15) is 62.4 Å². The van der Waals surface area contributed by atoms with E-state index in [-0.39, 0.29) is 53.5 Å². The Bertz CT molecular complexity index is 1470. The van der Waals surface area contributed by atoms with Crippen molar-refractivity contribution in [3.63, 3.8) is 0 Å². The molecule has 2 aliphatic rings. The summed E-state index contributed by atoms with van der Waals surface area (Å²) in [6, 6.07) is 22.6. The second kappa shape index (κ2) is 13.4. The number of aryl methyl sites for hydroxylation is 1. The number of nitrogens with one attached hydrogen (secondary N) is 3. The van der Waals surface area contributed by atoms with Gasteiger partial charge in [-0.25, -0.2) is 0 Å². The first-order chi connectivity index (χ1) is 20.7. The van der Waals surface area contributed by atoms with Gasteiger partial charge in [0, 0.05) is 17.6 Å². The molecule has 3 amide bonds. The van der Waals surface area contributed by atoms with Crippen LogP contribution in [0.2, 0.25) is 0 Å². The lowest BCUT2D eigenvalue weighted by Crippen LogP contribution is -2.56. The monoisotopic (exact) mass is 583 g/mol. The van der Waals surface area contributed by atoms with E-state index in [2.05, 4.69) is 28.1 Å². The van der Waals surface area contributed by atoms with Gasteiger partial charge in [-0.05, 0) is 72.9 Å². The number of carbonyl (C=O) groups is 4. The van der Waals surface area contributed by atoms with Crippen molar-refractivity contribution in [2.24, 2.45) is 17.8 Å². The van der Waals surface area contributed by atoms with Crippen LogP contribution in [0.25, 0.3) is 10.8 Å². The van der Waals surface area contributed by atoms with Crippen LogP contribution in [-0.4, -0.2) is 47.9 Å². The van der Waals surface area contributed by atoms with Gasteiger partial charge in [0.2, 0.25) is 5.91 Å². The fourth-order valence-corrected chi connectivity index (χ4v) is 5.88. The van der Waals surface area contributed by atoms with E-state index in [1.807, 2.05) is 68.4 Å². The van der Waals surface area contributed by atoms with E-state index in [0.29, 0.717) is 12.0 Å². The first-order valence-corrected chi connectivity index (χ1v) is 15.4. The second-order valence-corrected chi connectivity index (χ2v) is 12.1. The van der Waals surface area contributed by atoms with Gasteiger partial charge in [-0.3, -0.25) is 19.2 Å². The van der Waals surface area contributed by atoms with Crippen molar-refractivity contribution in [1.29, 1.82) is 0 Å². The Kier molecular flexibility index (Phi) is 9.43. The summed E-state index contributed by atoms with van der Waals surface area (Å²) in [5.74, 6) is -1.15. The van der Waals surface area contributed by atoms with Gasteiger partial charge < -0.3 is 20.7 Å². The van der Waals surface area contributed by atoms with E-state index in [9.17, 15) is 19.2 Å². The minimum absolute atomic E-state index is 0.00876. The van der Waals surface area contributed by atoms with Crippen LogP contribution >= 0.6 is 0 Å². The average molecular weight is 584 g/mol. The maximum Gasteiger partial charge on any atom is 0.314 e. The Hall–Kier alpha value is -4.20. The van der Waals surface area contributed by atoms with E-state index in [0.717, 1.165) is 36.5 Å². The zero-order valence-electron chi connectivity index (χ0n) is 25.0. The van der Waals surface area contributed by atoms with Gasteiger partial charge in [0.25, 0.3) is 11.8 Å². The zero-order valence-corrected chi connectivity index (χ0v) is 25.0. The minimum atomic E-state index is -0.723. The van der Waals surface area contributed by atoms with Crippen molar-refractivity contribution in [3.8, 4) is 0 Å². The molecule has 8 nitrogen and oxygen atoms in total. The van der Waals surface area contributed by atoms with Crippen molar-refractivity contribution in [3.05, 3.63) is 83.9 Å². The Morgan fingerprint density at radius 2 is 1.65 bits per heavy atom. The summed E-state index contributed by atoms with van der Waals surface area (Å²) in [7, 11) is 0. The van der Waals surface area contributed by atoms with Crippen molar-refractivity contribution in [2.75, 3.05) is 0 Å². The van der Waals surface area contributed by atoms with E-state index < -0.39 is 12.1 Å². The lowest BCUT2D eigenvalue weighted by Gasteiger charge is -2.37. The van der Waals surface area contributed by atoms with Crippen LogP contribution in [-0.2, 0) is 25.5 Å². The molecule has 3 aromatic carbocycles. The molecule has 43 heavy (non-hydrogen) atoms. The molecule has 1 aliphatic carbocycles. The van der Waals surface area contributed by atoms with E-state index in [1.165, 1.54) is 5.56 Å². The molecule has 1 saturated carbocycles. The smallest absolute Gasteiger partial charge is 0.314 e. The lowest BCUT2D eigenvalue weighted by atomic mass is 9.83. The molecule has 2 fully saturated rings. The standard InChI is InChI=1S/C35H41N3O5/c1-4-21(2)30-31(43-35(30)42)34(41)38-29-20-27(29)19-28(17-14-23-10-6-5-7-11-23)37-32(39)22(3)36-33(40)26-16-15-24-12-8-9-13-25(24)18-26/h5-13,15-16,18,21-22,27-31H,4,14,17,19-20H2,1-3H3,(H,36,40)(H,37,39)(H,38,41)/t21?,22-,27+,28+,29-,30-,31?/m0/s1. The largest absolute Gasteiger partial charge is 0.451 e. The molecule has 5 rings (SSSR count). The molecule has 0 spiro atoms. The van der Waals surface area contributed by atoms with E-state index >= 15 is 0 Å². The molecule has 1 aliphatic heterocycles. The highest BCUT2D eigenvalue weighted by atomic mass is 16.6. The van der Waals surface area contributed by atoms with Crippen LogP contribution in [0.5, 0.6) is 0 Å². The number of benzene rings is 3. The molecule has 7 atom stereocenters. The number of cyclic esters (lactones) is 1. The molecule has 1 saturated heterocycles. The fraction of sp³-hybridized carbons (Fsp3) is 0.429. The molecule has 0 radical (unpaired) electrons. The van der Waals surface area contributed by atoms with E-state index in [4.69, 9.17) is 4.74 Å². The third-order valence-corrected chi connectivity index (χ3v) is 8.92. The number of hydrogen-bond donors (Lipinski definition) is 3. The number of hydrogen-bond acceptors (Lipinski definition) is 5. The van der Waals surface area contributed by atoms with Gasteiger partial charge in [0.05, 0.1) is 0 Å². The molecule has 8 heteroatoms. The molecule has 0 aromatic heterocycles. The lowest BCUT2D eigenvalue weighted by molar-refractivity contribution is -0.193. The fourth-order valence-electron chi connectivity index (χ4n) is 5.88.